The lowest BCUT2D eigenvalue weighted by Crippen LogP contribution is -2.33. The number of aliphatic hydroxyl groups is 1. The third-order valence-corrected chi connectivity index (χ3v) is 4.13. The molecule has 1 aliphatic rings. The number of nitrogens with zero attached hydrogens (tertiary/aromatic N) is 1. The highest BCUT2D eigenvalue weighted by atomic mass is 35.5. The van der Waals surface area contributed by atoms with E-state index in [4.69, 9.17) is 9.84 Å². The summed E-state index contributed by atoms with van der Waals surface area (Å²) in [5, 5.41) is 8.84. The Morgan fingerprint density at radius 2 is 1.90 bits per heavy atom. The zero-order valence-electron chi connectivity index (χ0n) is 13.0. The second-order valence-corrected chi connectivity index (χ2v) is 5.52. The van der Waals surface area contributed by atoms with Crippen LogP contribution in [0.1, 0.15) is 44.1 Å². The van der Waals surface area contributed by atoms with E-state index < -0.39 is 0 Å². The minimum absolute atomic E-state index is 0. The van der Waals surface area contributed by atoms with Crippen molar-refractivity contribution in [3.8, 4) is 5.75 Å². The van der Waals surface area contributed by atoms with E-state index in [2.05, 4.69) is 29.2 Å². The summed E-state index contributed by atoms with van der Waals surface area (Å²) in [7, 11) is 0. The van der Waals surface area contributed by atoms with Gasteiger partial charge in [-0.3, -0.25) is 0 Å². The molecule has 0 bridgehead atoms. The van der Waals surface area contributed by atoms with Gasteiger partial charge in [-0.1, -0.05) is 18.2 Å². The van der Waals surface area contributed by atoms with Crippen molar-refractivity contribution < 1.29 is 9.84 Å². The minimum Gasteiger partial charge on any atom is -0.494 e. The Kier molecular flexibility index (Phi) is 8.74. The summed E-state index contributed by atoms with van der Waals surface area (Å²) in [6.07, 6.45) is 4.45. The summed E-state index contributed by atoms with van der Waals surface area (Å²) in [6.45, 7) is 6.54. The lowest BCUT2D eigenvalue weighted by Gasteiger charge is -2.32. The van der Waals surface area contributed by atoms with Gasteiger partial charge in [0.05, 0.1) is 6.61 Å². The van der Waals surface area contributed by atoms with Crippen molar-refractivity contribution in [1.29, 1.82) is 0 Å². The Morgan fingerprint density at radius 3 is 2.57 bits per heavy atom. The molecule has 1 fully saturated rings. The van der Waals surface area contributed by atoms with E-state index >= 15 is 0 Å². The van der Waals surface area contributed by atoms with Crippen LogP contribution in [0.5, 0.6) is 5.75 Å². The molecule has 0 aromatic heterocycles. The van der Waals surface area contributed by atoms with Crippen LogP contribution in [0.3, 0.4) is 0 Å². The van der Waals surface area contributed by atoms with E-state index in [1.54, 1.807) is 0 Å². The van der Waals surface area contributed by atoms with Gasteiger partial charge in [0.2, 0.25) is 0 Å². The first-order chi connectivity index (χ1) is 9.85. The molecule has 0 atom stereocenters. The van der Waals surface area contributed by atoms with Gasteiger partial charge in [0, 0.05) is 6.61 Å². The number of ether oxygens (including phenoxy) is 1. The van der Waals surface area contributed by atoms with Crippen molar-refractivity contribution in [3.05, 3.63) is 29.8 Å². The summed E-state index contributed by atoms with van der Waals surface area (Å²) in [5.41, 5.74) is 1.38. The molecule has 1 heterocycles. The van der Waals surface area contributed by atoms with Crippen LogP contribution in [0.15, 0.2) is 24.3 Å². The molecule has 4 heteroatoms. The van der Waals surface area contributed by atoms with E-state index in [1.807, 2.05) is 6.92 Å². The van der Waals surface area contributed by atoms with Gasteiger partial charge >= 0.3 is 0 Å². The van der Waals surface area contributed by atoms with Crippen LogP contribution < -0.4 is 4.74 Å². The van der Waals surface area contributed by atoms with Crippen molar-refractivity contribution in [1.82, 2.24) is 4.90 Å². The fraction of sp³-hybridized carbons (Fsp3) is 0.647. The number of unbranched alkanes of at least 4 members (excludes halogenated alkanes) is 1. The molecule has 1 aromatic carbocycles. The van der Waals surface area contributed by atoms with Crippen LogP contribution >= 0.6 is 12.4 Å². The molecule has 0 amide bonds. The van der Waals surface area contributed by atoms with Gasteiger partial charge < -0.3 is 14.7 Å². The molecule has 1 saturated heterocycles. The quantitative estimate of drug-likeness (QED) is 0.783. The van der Waals surface area contributed by atoms with Crippen LogP contribution in [-0.4, -0.2) is 42.9 Å². The number of hydrogen-bond donors (Lipinski definition) is 1. The molecule has 0 spiro atoms. The van der Waals surface area contributed by atoms with E-state index in [0.717, 1.165) is 44.8 Å². The van der Waals surface area contributed by atoms with Gasteiger partial charge in [-0.15, -0.1) is 12.4 Å². The summed E-state index contributed by atoms with van der Waals surface area (Å²) in [5.74, 6) is 1.69. The second-order valence-electron chi connectivity index (χ2n) is 5.52. The van der Waals surface area contributed by atoms with Crippen molar-refractivity contribution in [2.75, 3.05) is 32.8 Å². The van der Waals surface area contributed by atoms with E-state index in [-0.39, 0.29) is 12.4 Å². The Bertz CT molecular complexity index is 392. The number of likely N-dealkylation sites (tertiary alicyclic amines) is 1. The monoisotopic (exact) mass is 313 g/mol. The van der Waals surface area contributed by atoms with Gasteiger partial charge in [-0.25, -0.2) is 0 Å². The highest BCUT2D eigenvalue weighted by molar-refractivity contribution is 5.85. The third-order valence-electron chi connectivity index (χ3n) is 4.13. The van der Waals surface area contributed by atoms with Crippen LogP contribution in [0, 0.1) is 0 Å². The molecular weight excluding hydrogens is 286 g/mol. The SMILES string of the molecule is CCOc1ccccc1C1CCN(CCCCO)CC1.Cl. The molecule has 0 saturated carbocycles. The smallest absolute Gasteiger partial charge is 0.122 e. The van der Waals surface area contributed by atoms with Gasteiger partial charge in [0.25, 0.3) is 0 Å². The zero-order chi connectivity index (χ0) is 14.2. The summed E-state index contributed by atoms with van der Waals surface area (Å²) < 4.78 is 5.76. The lowest BCUT2D eigenvalue weighted by atomic mass is 9.88. The van der Waals surface area contributed by atoms with Crippen LogP contribution in [-0.2, 0) is 0 Å². The predicted molar refractivity (Wildman–Crippen MR) is 89.6 cm³/mol. The summed E-state index contributed by atoms with van der Waals surface area (Å²) >= 11 is 0. The number of aliphatic hydroxyl groups excluding tert-OH is 1. The summed E-state index contributed by atoms with van der Waals surface area (Å²) in [4.78, 5) is 2.52. The number of hydrogen-bond acceptors (Lipinski definition) is 3. The molecule has 2 rings (SSSR count). The molecule has 0 unspecified atom stereocenters. The van der Waals surface area contributed by atoms with Crippen LogP contribution in [0.4, 0.5) is 0 Å². The van der Waals surface area contributed by atoms with Gasteiger partial charge in [0.1, 0.15) is 5.75 Å². The van der Waals surface area contributed by atoms with Crippen molar-refractivity contribution in [2.24, 2.45) is 0 Å². The molecule has 0 radical (unpaired) electrons. The molecule has 1 aliphatic heterocycles. The number of para-hydroxylation sites is 1. The standard InChI is InChI=1S/C17H27NO2.ClH/c1-2-20-17-8-4-3-7-16(17)15-9-12-18(13-10-15)11-5-6-14-19;/h3-4,7-8,15,19H,2,5-6,9-14H2,1H3;1H. The van der Waals surface area contributed by atoms with Crippen molar-refractivity contribution in [3.63, 3.8) is 0 Å². The molecule has 0 aliphatic carbocycles. The number of rotatable bonds is 7. The normalized spacial score (nSPS) is 16.5. The molecular formula is C17H28ClNO2. The second kappa shape index (κ2) is 10.0. The van der Waals surface area contributed by atoms with E-state index in [1.165, 1.54) is 18.4 Å². The maximum atomic E-state index is 8.84. The number of benzene rings is 1. The maximum absolute atomic E-state index is 8.84. The molecule has 1 N–H and O–H groups in total. The largest absolute Gasteiger partial charge is 0.494 e. The van der Waals surface area contributed by atoms with Gasteiger partial charge in [0.15, 0.2) is 0 Å². The van der Waals surface area contributed by atoms with Gasteiger partial charge in [-0.2, -0.15) is 0 Å². The topological polar surface area (TPSA) is 32.7 Å². The first kappa shape index (κ1) is 18.3. The minimum atomic E-state index is 0. The molecule has 1 aromatic rings. The fourth-order valence-electron chi connectivity index (χ4n) is 3.02. The van der Waals surface area contributed by atoms with Crippen LogP contribution in [0.2, 0.25) is 0 Å². The summed E-state index contributed by atoms with van der Waals surface area (Å²) in [6, 6.07) is 8.48. The van der Waals surface area contributed by atoms with Gasteiger partial charge in [-0.05, 0) is 69.8 Å². The first-order valence-corrected chi connectivity index (χ1v) is 7.90. The Labute approximate surface area is 134 Å². The highest BCUT2D eigenvalue weighted by Gasteiger charge is 2.22. The molecule has 120 valence electrons. The average Bonchev–Trinajstić information content (AvgIpc) is 2.49. The Hall–Kier alpha value is -0.770. The van der Waals surface area contributed by atoms with Crippen LogP contribution in [0.25, 0.3) is 0 Å². The fourth-order valence-corrected chi connectivity index (χ4v) is 3.02. The maximum Gasteiger partial charge on any atom is 0.122 e. The average molecular weight is 314 g/mol. The third kappa shape index (κ3) is 5.50. The predicted octanol–water partition coefficient (Wildman–Crippen LogP) is 3.46. The highest BCUT2D eigenvalue weighted by Crippen LogP contribution is 2.34. The Balaban J connectivity index is 0.00000220. The molecule has 21 heavy (non-hydrogen) atoms. The lowest BCUT2D eigenvalue weighted by molar-refractivity contribution is 0.198. The molecule has 3 nitrogen and oxygen atoms in total. The van der Waals surface area contributed by atoms with Crippen molar-refractivity contribution >= 4 is 12.4 Å². The first-order valence-electron chi connectivity index (χ1n) is 7.90. The number of piperidine rings is 1. The van der Waals surface area contributed by atoms with E-state index in [9.17, 15) is 0 Å². The van der Waals surface area contributed by atoms with E-state index in [0.29, 0.717) is 12.5 Å². The van der Waals surface area contributed by atoms with Crippen molar-refractivity contribution in [2.45, 2.75) is 38.5 Å². The zero-order valence-corrected chi connectivity index (χ0v) is 13.8. The number of halogens is 1. The Morgan fingerprint density at radius 1 is 1.19 bits per heavy atom.